The summed E-state index contributed by atoms with van der Waals surface area (Å²) >= 11 is 0. The first-order chi connectivity index (χ1) is 20.8. The number of nitrogens with zero attached hydrogens (tertiary/aromatic N) is 5. The van der Waals surface area contributed by atoms with Gasteiger partial charge >= 0.3 is 0 Å². The zero-order valence-electron chi connectivity index (χ0n) is 24.9. The molecule has 43 heavy (non-hydrogen) atoms. The molecule has 3 aliphatic rings. The Kier molecular flexibility index (Phi) is 8.30. The molecule has 0 spiro atoms. The zero-order chi connectivity index (χ0) is 30.1. The second kappa shape index (κ2) is 12.3. The molecule has 9 nitrogen and oxygen atoms in total. The van der Waals surface area contributed by atoms with Gasteiger partial charge in [-0.25, -0.2) is 14.4 Å². The number of carbonyl (C=O) groups is 2. The van der Waals surface area contributed by atoms with Crippen LogP contribution in [0.1, 0.15) is 71.4 Å². The van der Waals surface area contributed by atoms with Gasteiger partial charge in [0.25, 0.3) is 5.91 Å². The molecule has 1 aromatic heterocycles. The van der Waals surface area contributed by atoms with E-state index in [0.717, 1.165) is 75.3 Å². The van der Waals surface area contributed by atoms with Gasteiger partial charge in [-0.1, -0.05) is 6.07 Å². The number of benzene rings is 2. The highest BCUT2D eigenvalue weighted by Gasteiger charge is 2.32. The van der Waals surface area contributed by atoms with Gasteiger partial charge < -0.3 is 25.8 Å². The first-order valence-corrected chi connectivity index (χ1v) is 15.3. The Morgan fingerprint density at radius 1 is 1.02 bits per heavy atom. The number of primary amides is 1. The van der Waals surface area contributed by atoms with Crippen LogP contribution in [0.15, 0.2) is 48.7 Å². The van der Waals surface area contributed by atoms with Crippen molar-refractivity contribution in [3.8, 4) is 0 Å². The Balaban J connectivity index is 1.16. The molecule has 10 heteroatoms. The van der Waals surface area contributed by atoms with E-state index in [1.54, 1.807) is 12.3 Å². The third-order valence-corrected chi connectivity index (χ3v) is 9.22. The van der Waals surface area contributed by atoms with E-state index < -0.39 is 11.7 Å². The van der Waals surface area contributed by atoms with E-state index in [1.165, 1.54) is 6.07 Å². The number of hydrogen-bond acceptors (Lipinski definition) is 8. The van der Waals surface area contributed by atoms with Crippen LogP contribution >= 0.6 is 0 Å². The summed E-state index contributed by atoms with van der Waals surface area (Å²) in [7, 11) is 2.13. The van der Waals surface area contributed by atoms with Crippen molar-refractivity contribution in [2.45, 2.75) is 51.0 Å². The van der Waals surface area contributed by atoms with Gasteiger partial charge in [0.1, 0.15) is 11.6 Å². The lowest BCUT2D eigenvalue weighted by atomic mass is 9.84. The minimum Gasteiger partial charge on any atom is -0.369 e. The maximum atomic E-state index is 14.8. The predicted octanol–water partition coefficient (Wildman–Crippen LogP) is 4.97. The van der Waals surface area contributed by atoms with Gasteiger partial charge in [-0.15, -0.1) is 0 Å². The van der Waals surface area contributed by atoms with Crippen LogP contribution in [0.25, 0.3) is 0 Å². The van der Waals surface area contributed by atoms with Crippen LogP contribution < -0.4 is 20.9 Å². The Labute approximate surface area is 252 Å². The molecule has 2 atom stereocenters. The molecule has 226 valence electrons. The molecule has 3 fully saturated rings. The average molecular weight is 586 g/mol. The van der Waals surface area contributed by atoms with Gasteiger partial charge in [0.2, 0.25) is 0 Å². The fourth-order valence-electron chi connectivity index (χ4n) is 6.34. The van der Waals surface area contributed by atoms with Gasteiger partial charge in [-0.2, -0.15) is 0 Å². The summed E-state index contributed by atoms with van der Waals surface area (Å²) in [6.45, 7) is 6.81. The lowest BCUT2D eigenvalue weighted by Gasteiger charge is -2.40. The molecule has 0 unspecified atom stereocenters. The molecule has 2 aromatic carbocycles. The van der Waals surface area contributed by atoms with Gasteiger partial charge in [0.15, 0.2) is 17.3 Å². The van der Waals surface area contributed by atoms with Crippen molar-refractivity contribution in [3.63, 3.8) is 0 Å². The molecule has 2 aliphatic heterocycles. The first-order valence-electron chi connectivity index (χ1n) is 15.3. The number of anilines is 4. The van der Waals surface area contributed by atoms with E-state index in [1.807, 2.05) is 18.2 Å². The van der Waals surface area contributed by atoms with Crippen molar-refractivity contribution in [1.82, 2.24) is 14.9 Å². The van der Waals surface area contributed by atoms with E-state index in [9.17, 15) is 14.0 Å². The molecule has 1 aliphatic carbocycles. The summed E-state index contributed by atoms with van der Waals surface area (Å²) in [6, 6.07) is 13.1. The summed E-state index contributed by atoms with van der Waals surface area (Å²) in [6.07, 6.45) is 5.73. The molecule has 3 heterocycles. The van der Waals surface area contributed by atoms with E-state index in [0.29, 0.717) is 17.6 Å². The predicted molar refractivity (Wildman–Crippen MR) is 167 cm³/mol. The zero-order valence-corrected chi connectivity index (χ0v) is 24.9. The number of aromatic nitrogens is 2. The molecule has 2 saturated heterocycles. The number of piperazine rings is 1. The number of nitrogens with two attached hydrogens (primary N) is 1. The van der Waals surface area contributed by atoms with Crippen molar-refractivity contribution in [2.75, 3.05) is 54.9 Å². The monoisotopic (exact) mass is 585 g/mol. The molecular weight excluding hydrogens is 545 g/mol. The van der Waals surface area contributed by atoms with Crippen LogP contribution in [0.2, 0.25) is 0 Å². The fourth-order valence-corrected chi connectivity index (χ4v) is 6.34. The number of rotatable bonds is 9. The topological polar surface area (TPSA) is 108 Å². The van der Waals surface area contributed by atoms with E-state index in [-0.39, 0.29) is 35.4 Å². The summed E-state index contributed by atoms with van der Waals surface area (Å²) in [5.74, 6) is 0.103. The largest absolute Gasteiger partial charge is 0.369 e. The van der Waals surface area contributed by atoms with Crippen LogP contribution in [0.5, 0.6) is 0 Å². The fraction of sp³-hybridized carbons (Fsp3) is 0.455. The first kappa shape index (κ1) is 29.0. The third-order valence-electron chi connectivity index (χ3n) is 9.22. The summed E-state index contributed by atoms with van der Waals surface area (Å²) in [4.78, 5) is 41.4. The molecule has 1 saturated carbocycles. The number of amides is 1. The van der Waals surface area contributed by atoms with Crippen LogP contribution in [-0.2, 0) is 0 Å². The molecule has 1 amide bonds. The van der Waals surface area contributed by atoms with Crippen molar-refractivity contribution in [1.29, 1.82) is 0 Å². The Hall–Kier alpha value is -4.05. The number of Topliss-reactive ketones (excluding diaryl/α,β-unsaturated/α-hetero) is 1. The van der Waals surface area contributed by atoms with Crippen LogP contribution in [0.3, 0.4) is 0 Å². The van der Waals surface area contributed by atoms with Gasteiger partial charge in [0, 0.05) is 56.6 Å². The maximum absolute atomic E-state index is 14.8. The lowest BCUT2D eigenvalue weighted by Crippen LogP contribution is -2.44. The number of nitrogens with one attached hydrogen (secondary N) is 1. The van der Waals surface area contributed by atoms with Crippen molar-refractivity contribution in [3.05, 3.63) is 71.3 Å². The quantitative estimate of drug-likeness (QED) is 0.339. The third kappa shape index (κ3) is 6.49. The second-order valence-corrected chi connectivity index (χ2v) is 12.2. The standard InChI is InChI=1S/C33H40FN7O2/c1-21-23(19-29(42)27-12-7-24(18-28(27)34)22-5-6-22)4-3-13-41(21)30-20-36-31(32(35)43)33(38-30)37-25-8-10-26(11-9-25)40-16-14-39(2)15-17-40/h7-12,18,20-23H,3-6,13-17,19H2,1-2H3,(H2,35,43)(H,37,38)/t21-,23+/m1/s1. The van der Waals surface area contributed by atoms with Gasteiger partial charge in [0.05, 0.1) is 11.8 Å². The van der Waals surface area contributed by atoms with Gasteiger partial charge in [-0.05, 0) is 93.5 Å². The highest BCUT2D eigenvalue weighted by Crippen LogP contribution is 2.40. The normalized spacial score (nSPS) is 21.1. The summed E-state index contributed by atoms with van der Waals surface area (Å²) < 4.78 is 14.8. The second-order valence-electron chi connectivity index (χ2n) is 12.2. The van der Waals surface area contributed by atoms with Crippen LogP contribution in [-0.4, -0.2) is 72.4 Å². The van der Waals surface area contributed by atoms with E-state index in [2.05, 4.69) is 51.1 Å². The molecule has 6 rings (SSSR count). The minimum atomic E-state index is -0.666. The van der Waals surface area contributed by atoms with Crippen molar-refractivity contribution < 1.29 is 14.0 Å². The van der Waals surface area contributed by atoms with Crippen LogP contribution in [0, 0.1) is 11.7 Å². The van der Waals surface area contributed by atoms with Crippen molar-refractivity contribution >= 4 is 34.7 Å². The number of ketones is 1. The highest BCUT2D eigenvalue weighted by molar-refractivity contribution is 5.97. The highest BCUT2D eigenvalue weighted by atomic mass is 19.1. The van der Waals surface area contributed by atoms with E-state index >= 15 is 0 Å². The summed E-state index contributed by atoms with van der Waals surface area (Å²) in [5, 5.41) is 3.25. The van der Waals surface area contributed by atoms with Crippen LogP contribution in [0.4, 0.5) is 27.4 Å². The lowest BCUT2D eigenvalue weighted by molar-refractivity contribution is 0.0940. The number of piperidine rings is 1. The number of halogens is 1. The number of likely N-dealkylation sites (N-methyl/N-ethyl adjacent to an activating group) is 1. The Morgan fingerprint density at radius 3 is 2.44 bits per heavy atom. The SMILES string of the molecule is C[C@@H]1[C@H](CC(=O)c2ccc(C3CC3)cc2F)CCCN1c1cnc(C(N)=O)c(Nc2ccc(N3CCN(C)CC3)cc2)n1. The van der Waals surface area contributed by atoms with Crippen molar-refractivity contribution in [2.24, 2.45) is 11.7 Å². The average Bonchev–Trinajstić information content (AvgIpc) is 3.85. The maximum Gasteiger partial charge on any atom is 0.271 e. The molecule has 3 aromatic rings. The smallest absolute Gasteiger partial charge is 0.271 e. The summed E-state index contributed by atoms with van der Waals surface area (Å²) in [5.41, 5.74) is 8.80. The molecule has 0 radical (unpaired) electrons. The molecular formula is C33H40FN7O2. The van der Waals surface area contributed by atoms with Gasteiger partial charge in [-0.3, -0.25) is 9.59 Å². The Bertz CT molecular complexity index is 1490. The molecule has 3 N–H and O–H groups in total. The van der Waals surface area contributed by atoms with E-state index in [4.69, 9.17) is 10.7 Å². The number of carbonyl (C=O) groups excluding carboxylic acids is 2. The Morgan fingerprint density at radius 2 is 1.77 bits per heavy atom. The molecule has 0 bridgehead atoms. The minimum absolute atomic E-state index is 0.0277. The number of hydrogen-bond donors (Lipinski definition) is 2.